The minimum Gasteiger partial charge on any atom is -0.496 e. The first-order valence-electron chi connectivity index (χ1n) is 8.35. The van der Waals surface area contributed by atoms with E-state index in [4.69, 9.17) is 4.74 Å². The number of methoxy groups -OCH3 is 1. The molecule has 0 radical (unpaired) electrons. The molecule has 4 rings (SSSR count). The number of hydrogen-bond acceptors (Lipinski definition) is 6. The van der Waals surface area contributed by atoms with Crippen LogP contribution in [0.3, 0.4) is 0 Å². The Balaban J connectivity index is 1.67. The molecule has 7 heteroatoms. The van der Waals surface area contributed by atoms with Gasteiger partial charge in [-0.25, -0.2) is 5.43 Å². The van der Waals surface area contributed by atoms with Gasteiger partial charge in [0.1, 0.15) is 11.3 Å². The molecular weight excluding hydrogens is 328 g/mol. The zero-order valence-corrected chi connectivity index (χ0v) is 14.5. The van der Waals surface area contributed by atoms with Gasteiger partial charge in [-0.2, -0.15) is 10.1 Å². The maximum atomic E-state index is 5.30. The summed E-state index contributed by atoms with van der Waals surface area (Å²) in [7, 11) is 1.63. The number of fused-ring (bicyclic) bond motifs is 3. The van der Waals surface area contributed by atoms with Gasteiger partial charge in [-0.3, -0.25) is 0 Å². The van der Waals surface area contributed by atoms with E-state index in [9.17, 15) is 0 Å². The molecule has 4 aromatic rings. The second-order valence-corrected chi connectivity index (χ2v) is 5.68. The molecule has 2 aromatic carbocycles. The maximum Gasteiger partial charge on any atom is 0.265 e. The maximum absolute atomic E-state index is 5.30. The van der Waals surface area contributed by atoms with E-state index in [0.29, 0.717) is 5.95 Å². The number of ether oxygens (including phenoxy) is 1. The Morgan fingerprint density at radius 1 is 1.12 bits per heavy atom. The van der Waals surface area contributed by atoms with Gasteiger partial charge in [0, 0.05) is 17.5 Å². The average molecular weight is 346 g/mol. The predicted octanol–water partition coefficient (Wildman–Crippen LogP) is 3.45. The number of nitrogens with zero attached hydrogens (tertiary/aromatic N) is 5. The predicted molar refractivity (Wildman–Crippen MR) is 103 cm³/mol. The molecule has 0 atom stereocenters. The Kier molecular flexibility index (Phi) is 4.18. The van der Waals surface area contributed by atoms with E-state index in [1.54, 1.807) is 13.3 Å². The van der Waals surface area contributed by atoms with E-state index in [1.807, 2.05) is 42.5 Å². The molecule has 130 valence electrons. The summed E-state index contributed by atoms with van der Waals surface area (Å²) in [4.78, 5) is 4.59. The molecule has 0 fully saturated rings. The summed E-state index contributed by atoms with van der Waals surface area (Å²) in [6.45, 7) is 2.88. The van der Waals surface area contributed by atoms with Crippen molar-refractivity contribution in [2.45, 2.75) is 13.5 Å². The lowest BCUT2D eigenvalue weighted by molar-refractivity contribution is 0.414. The van der Waals surface area contributed by atoms with Crippen LogP contribution in [-0.4, -0.2) is 33.1 Å². The number of hydrogen-bond donors (Lipinski definition) is 1. The number of nitrogens with one attached hydrogen (secondary N) is 1. The molecule has 0 amide bonds. The topological polar surface area (TPSA) is 77.2 Å². The molecule has 0 bridgehead atoms. The number of aromatic nitrogens is 4. The molecule has 0 spiro atoms. The first kappa shape index (κ1) is 16.0. The Labute approximate surface area is 150 Å². The zero-order chi connectivity index (χ0) is 17.9. The standard InChI is InChI=1S/C19H18N6O/c1-3-25-15-10-6-5-9-14(15)17-18(25)21-19(24-22-17)23-20-12-13-8-4-7-11-16(13)26-2/h4-12H,3H2,1-2H3,(H,21,23,24). The highest BCUT2D eigenvalue weighted by atomic mass is 16.5. The fraction of sp³-hybridized carbons (Fsp3) is 0.158. The van der Waals surface area contributed by atoms with Crippen LogP contribution in [0.4, 0.5) is 5.95 Å². The minimum absolute atomic E-state index is 0.348. The van der Waals surface area contributed by atoms with Gasteiger partial charge < -0.3 is 9.30 Å². The Morgan fingerprint density at radius 2 is 1.92 bits per heavy atom. The molecule has 0 saturated carbocycles. The molecule has 0 aliphatic rings. The van der Waals surface area contributed by atoms with Crippen molar-refractivity contribution in [1.82, 2.24) is 19.7 Å². The third-order valence-electron chi connectivity index (χ3n) is 4.20. The van der Waals surface area contributed by atoms with Crippen LogP contribution < -0.4 is 10.2 Å². The third-order valence-corrected chi connectivity index (χ3v) is 4.20. The lowest BCUT2D eigenvalue weighted by Gasteiger charge is -2.04. The van der Waals surface area contributed by atoms with Crippen molar-refractivity contribution < 1.29 is 4.74 Å². The lowest BCUT2D eigenvalue weighted by Crippen LogP contribution is -2.02. The van der Waals surface area contributed by atoms with E-state index in [0.717, 1.165) is 39.9 Å². The summed E-state index contributed by atoms with van der Waals surface area (Å²) in [5.41, 5.74) is 6.39. The molecule has 0 aliphatic heterocycles. The third kappa shape index (κ3) is 2.73. The summed E-state index contributed by atoms with van der Waals surface area (Å²) in [6, 6.07) is 15.7. The monoisotopic (exact) mass is 346 g/mol. The fourth-order valence-corrected chi connectivity index (χ4v) is 3.00. The quantitative estimate of drug-likeness (QED) is 0.442. The second kappa shape index (κ2) is 6.79. The van der Waals surface area contributed by atoms with Crippen molar-refractivity contribution >= 4 is 34.2 Å². The van der Waals surface area contributed by atoms with Crippen LogP contribution in [0.25, 0.3) is 22.1 Å². The van der Waals surface area contributed by atoms with Crippen molar-refractivity contribution in [2.75, 3.05) is 12.5 Å². The van der Waals surface area contributed by atoms with Crippen LogP contribution >= 0.6 is 0 Å². The van der Waals surface area contributed by atoms with Gasteiger partial charge in [-0.05, 0) is 25.1 Å². The molecule has 2 aromatic heterocycles. The van der Waals surface area contributed by atoms with Gasteiger partial charge >= 0.3 is 0 Å². The fourth-order valence-electron chi connectivity index (χ4n) is 3.00. The van der Waals surface area contributed by atoms with Crippen LogP contribution in [0.1, 0.15) is 12.5 Å². The van der Waals surface area contributed by atoms with Gasteiger partial charge in [0.15, 0.2) is 5.65 Å². The smallest absolute Gasteiger partial charge is 0.265 e. The molecule has 1 N–H and O–H groups in total. The molecular formula is C19H18N6O. The largest absolute Gasteiger partial charge is 0.496 e. The van der Waals surface area contributed by atoms with Crippen molar-refractivity contribution in [2.24, 2.45) is 5.10 Å². The Morgan fingerprint density at radius 3 is 2.77 bits per heavy atom. The SMILES string of the molecule is CCn1c2ccccc2c2nnc(NN=Cc3ccccc3OC)nc21. The summed E-state index contributed by atoms with van der Waals surface area (Å²) in [5, 5.41) is 13.7. The van der Waals surface area contributed by atoms with E-state index in [1.165, 1.54) is 0 Å². The number of hydrazone groups is 1. The molecule has 26 heavy (non-hydrogen) atoms. The number of para-hydroxylation sites is 2. The summed E-state index contributed by atoms with van der Waals surface area (Å²) in [6.07, 6.45) is 1.67. The summed E-state index contributed by atoms with van der Waals surface area (Å²) >= 11 is 0. The number of benzene rings is 2. The first-order valence-corrected chi connectivity index (χ1v) is 8.35. The highest BCUT2D eigenvalue weighted by molar-refractivity contribution is 6.04. The van der Waals surface area contributed by atoms with Crippen molar-refractivity contribution in [3.05, 3.63) is 54.1 Å². The Bertz CT molecular complexity index is 1100. The molecule has 0 saturated heterocycles. The number of aryl methyl sites for hydroxylation is 1. The van der Waals surface area contributed by atoms with E-state index < -0.39 is 0 Å². The van der Waals surface area contributed by atoms with Crippen molar-refractivity contribution in [3.63, 3.8) is 0 Å². The van der Waals surface area contributed by atoms with Crippen LogP contribution in [0.2, 0.25) is 0 Å². The van der Waals surface area contributed by atoms with Crippen LogP contribution in [0.15, 0.2) is 53.6 Å². The van der Waals surface area contributed by atoms with Gasteiger partial charge in [0.05, 0.1) is 18.8 Å². The lowest BCUT2D eigenvalue weighted by atomic mass is 10.2. The molecule has 2 heterocycles. The van der Waals surface area contributed by atoms with E-state index >= 15 is 0 Å². The molecule has 7 nitrogen and oxygen atoms in total. The molecule has 0 unspecified atom stereocenters. The normalized spacial score (nSPS) is 11.5. The second-order valence-electron chi connectivity index (χ2n) is 5.68. The van der Waals surface area contributed by atoms with E-state index in [2.05, 4.69) is 43.3 Å². The zero-order valence-electron chi connectivity index (χ0n) is 14.5. The van der Waals surface area contributed by atoms with Gasteiger partial charge in [-0.1, -0.05) is 30.3 Å². The van der Waals surface area contributed by atoms with Gasteiger partial charge in [0.25, 0.3) is 5.95 Å². The van der Waals surface area contributed by atoms with Gasteiger partial charge in [-0.15, -0.1) is 10.2 Å². The summed E-state index contributed by atoms with van der Waals surface area (Å²) < 4.78 is 7.42. The summed E-state index contributed by atoms with van der Waals surface area (Å²) in [5.74, 6) is 1.10. The highest BCUT2D eigenvalue weighted by Crippen LogP contribution is 2.26. The Hall–Kier alpha value is -3.48. The number of anilines is 1. The van der Waals surface area contributed by atoms with E-state index in [-0.39, 0.29) is 0 Å². The van der Waals surface area contributed by atoms with Crippen molar-refractivity contribution in [1.29, 1.82) is 0 Å². The average Bonchev–Trinajstić information content (AvgIpc) is 3.01. The highest BCUT2D eigenvalue weighted by Gasteiger charge is 2.13. The van der Waals surface area contributed by atoms with Gasteiger partial charge in [0.2, 0.25) is 0 Å². The van der Waals surface area contributed by atoms with Crippen molar-refractivity contribution in [3.8, 4) is 5.75 Å². The van der Waals surface area contributed by atoms with Crippen LogP contribution in [0.5, 0.6) is 5.75 Å². The minimum atomic E-state index is 0.348. The first-order chi connectivity index (χ1) is 12.8. The van der Waals surface area contributed by atoms with Crippen LogP contribution in [0, 0.1) is 0 Å². The molecule has 0 aliphatic carbocycles. The van der Waals surface area contributed by atoms with Crippen LogP contribution in [-0.2, 0) is 6.54 Å². The number of rotatable bonds is 5.